The van der Waals surface area contributed by atoms with E-state index in [-0.39, 0.29) is 5.56 Å². The van der Waals surface area contributed by atoms with Crippen LogP contribution >= 0.6 is 11.3 Å². The van der Waals surface area contributed by atoms with Gasteiger partial charge in [-0.05, 0) is 25.1 Å². The van der Waals surface area contributed by atoms with Crippen LogP contribution in [0.3, 0.4) is 0 Å². The van der Waals surface area contributed by atoms with Crippen LogP contribution in [0.4, 0.5) is 5.69 Å². The van der Waals surface area contributed by atoms with Gasteiger partial charge in [-0.1, -0.05) is 6.07 Å². The van der Waals surface area contributed by atoms with E-state index in [4.69, 9.17) is 0 Å². The van der Waals surface area contributed by atoms with E-state index in [9.17, 15) is 9.00 Å². The van der Waals surface area contributed by atoms with E-state index in [1.54, 1.807) is 23.8 Å². The first-order valence-corrected chi connectivity index (χ1v) is 10.1. The van der Waals surface area contributed by atoms with Crippen LogP contribution in [0.25, 0.3) is 4.96 Å². The Morgan fingerprint density at radius 3 is 2.92 bits per heavy atom. The molecule has 2 aromatic heterocycles. The fourth-order valence-electron chi connectivity index (χ4n) is 2.33. The second-order valence-electron chi connectivity index (χ2n) is 5.45. The molecule has 1 unspecified atom stereocenters. The summed E-state index contributed by atoms with van der Waals surface area (Å²) < 4.78 is 17.9. The zero-order chi connectivity index (χ0) is 17.3. The second-order valence-corrected chi connectivity index (χ2v) is 8.73. The fraction of sp³-hybridized carbons (Fsp3) is 0.250. The number of nitrogens with one attached hydrogen (secondary N) is 1. The summed E-state index contributed by atoms with van der Waals surface area (Å²) in [5.41, 5.74) is 2.30. The van der Waals surface area contributed by atoms with Crippen molar-refractivity contribution in [2.45, 2.75) is 18.4 Å². The van der Waals surface area contributed by atoms with Crippen LogP contribution in [0, 0.1) is 6.92 Å². The van der Waals surface area contributed by atoms with Gasteiger partial charge >= 0.3 is 0 Å². The highest BCUT2D eigenvalue weighted by atomic mass is 32.2. The third-order valence-electron chi connectivity index (χ3n) is 3.72. The molecule has 1 N–H and O–H groups in total. The van der Waals surface area contributed by atoms with Gasteiger partial charge in [-0.25, -0.2) is 13.6 Å². The number of nitrogens with zero attached hydrogens (tertiary/aromatic N) is 3. The number of aromatic nitrogens is 2. The number of aryl methyl sites for hydroxylation is 1. The Bertz CT molecular complexity index is 1080. The lowest BCUT2D eigenvalue weighted by Crippen LogP contribution is -2.16. The van der Waals surface area contributed by atoms with Gasteiger partial charge in [0.2, 0.25) is 0 Å². The van der Waals surface area contributed by atoms with E-state index in [1.807, 2.05) is 30.5 Å². The van der Waals surface area contributed by atoms with E-state index < -0.39 is 9.73 Å². The number of rotatable bonds is 4. The first-order chi connectivity index (χ1) is 11.4. The number of hydrogen-bond donors (Lipinski definition) is 1. The molecule has 0 aliphatic rings. The lowest BCUT2D eigenvalue weighted by molar-refractivity contribution is 0.680. The standard InChI is InChI=1S/C16H18N4O2S2/c1-11-10-23-16-19-13(8-15(21)20(11)16)9-18-12-5-4-6-14(7-12)24(3,22)17-2/h4-8,10,18H,9H2,1-3H3. The number of hydrogen-bond acceptors (Lipinski definition) is 6. The zero-order valence-electron chi connectivity index (χ0n) is 13.6. The van der Waals surface area contributed by atoms with E-state index in [0.29, 0.717) is 22.1 Å². The molecular weight excluding hydrogens is 344 g/mol. The molecule has 3 rings (SSSR count). The van der Waals surface area contributed by atoms with E-state index in [0.717, 1.165) is 11.4 Å². The fourth-order valence-corrected chi connectivity index (χ4v) is 4.11. The summed E-state index contributed by atoms with van der Waals surface area (Å²) in [5.74, 6) is 0. The normalized spacial score (nSPS) is 13.6. The molecule has 6 nitrogen and oxygen atoms in total. The van der Waals surface area contributed by atoms with Crippen molar-refractivity contribution >= 4 is 31.7 Å². The molecular formula is C16H18N4O2S2. The van der Waals surface area contributed by atoms with Gasteiger partial charge in [0.05, 0.1) is 22.0 Å². The molecule has 0 bridgehead atoms. The molecule has 0 radical (unpaired) electrons. The molecule has 0 saturated heterocycles. The molecule has 1 aromatic carbocycles. The maximum absolute atomic E-state index is 12.3. The Hall–Kier alpha value is -2.19. The summed E-state index contributed by atoms with van der Waals surface area (Å²) in [7, 11) is -0.815. The SMILES string of the molecule is CN=S(C)(=O)c1cccc(NCc2cc(=O)n3c(C)csc3n2)c1. The van der Waals surface area contributed by atoms with Crippen molar-refractivity contribution in [3.8, 4) is 0 Å². The highest BCUT2D eigenvalue weighted by Crippen LogP contribution is 2.18. The molecule has 0 fully saturated rings. The Balaban J connectivity index is 1.85. The van der Waals surface area contributed by atoms with Gasteiger partial charge in [0.15, 0.2) is 4.96 Å². The minimum Gasteiger partial charge on any atom is -0.379 e. The van der Waals surface area contributed by atoms with Crippen LogP contribution in [0.15, 0.2) is 49.8 Å². The number of thiazole rings is 1. The predicted molar refractivity (Wildman–Crippen MR) is 98.5 cm³/mol. The summed E-state index contributed by atoms with van der Waals surface area (Å²) in [5, 5.41) is 5.14. The van der Waals surface area contributed by atoms with E-state index in [2.05, 4.69) is 14.7 Å². The van der Waals surface area contributed by atoms with Crippen molar-refractivity contribution in [1.82, 2.24) is 9.38 Å². The van der Waals surface area contributed by atoms with Gasteiger partial charge < -0.3 is 5.32 Å². The Kier molecular flexibility index (Phi) is 4.42. The Morgan fingerprint density at radius 1 is 1.38 bits per heavy atom. The highest BCUT2D eigenvalue weighted by Gasteiger charge is 2.08. The lowest BCUT2D eigenvalue weighted by atomic mass is 10.3. The molecule has 3 aromatic rings. The van der Waals surface area contributed by atoms with Crippen molar-refractivity contribution in [3.05, 3.63) is 57.5 Å². The van der Waals surface area contributed by atoms with Gasteiger partial charge in [0.25, 0.3) is 5.56 Å². The zero-order valence-corrected chi connectivity index (χ0v) is 15.3. The molecule has 0 amide bonds. The summed E-state index contributed by atoms with van der Waals surface area (Å²) in [6.45, 7) is 2.30. The maximum atomic E-state index is 12.3. The number of fused-ring (bicyclic) bond motifs is 1. The lowest BCUT2D eigenvalue weighted by Gasteiger charge is -2.09. The van der Waals surface area contributed by atoms with Gasteiger partial charge in [0, 0.05) is 41.0 Å². The van der Waals surface area contributed by atoms with Crippen molar-refractivity contribution in [1.29, 1.82) is 0 Å². The minimum absolute atomic E-state index is 0.0781. The van der Waals surface area contributed by atoms with E-state index >= 15 is 0 Å². The van der Waals surface area contributed by atoms with Crippen molar-refractivity contribution in [2.24, 2.45) is 4.36 Å². The quantitative estimate of drug-likeness (QED) is 0.774. The van der Waals surface area contributed by atoms with Gasteiger partial charge in [-0.2, -0.15) is 0 Å². The van der Waals surface area contributed by atoms with Crippen LogP contribution < -0.4 is 10.9 Å². The monoisotopic (exact) mass is 362 g/mol. The molecule has 8 heteroatoms. The van der Waals surface area contributed by atoms with Crippen LogP contribution in [-0.4, -0.2) is 26.9 Å². The second kappa shape index (κ2) is 6.37. The van der Waals surface area contributed by atoms with Crippen LogP contribution in [0.1, 0.15) is 11.4 Å². The van der Waals surface area contributed by atoms with Crippen LogP contribution in [-0.2, 0) is 16.3 Å². The third kappa shape index (κ3) is 3.20. The Labute approximate surface area is 144 Å². The molecule has 0 aliphatic heterocycles. The first-order valence-electron chi connectivity index (χ1n) is 7.32. The van der Waals surface area contributed by atoms with Crippen molar-refractivity contribution in [3.63, 3.8) is 0 Å². The molecule has 0 saturated carbocycles. The average molecular weight is 362 g/mol. The molecule has 0 spiro atoms. The molecule has 24 heavy (non-hydrogen) atoms. The molecule has 1 atom stereocenters. The van der Waals surface area contributed by atoms with Crippen molar-refractivity contribution in [2.75, 3.05) is 18.6 Å². The summed E-state index contributed by atoms with van der Waals surface area (Å²) in [4.78, 5) is 18.0. The van der Waals surface area contributed by atoms with Crippen LogP contribution in [0.2, 0.25) is 0 Å². The largest absolute Gasteiger partial charge is 0.379 e. The topological polar surface area (TPSA) is 75.8 Å². The molecule has 0 aliphatic carbocycles. The molecule has 2 heterocycles. The van der Waals surface area contributed by atoms with Gasteiger partial charge in [0.1, 0.15) is 0 Å². The maximum Gasteiger partial charge on any atom is 0.259 e. The van der Waals surface area contributed by atoms with Crippen molar-refractivity contribution < 1.29 is 4.21 Å². The summed E-state index contributed by atoms with van der Waals surface area (Å²) in [6, 6.07) is 8.87. The summed E-state index contributed by atoms with van der Waals surface area (Å²) >= 11 is 1.45. The predicted octanol–water partition coefficient (Wildman–Crippen LogP) is 2.76. The van der Waals surface area contributed by atoms with Gasteiger partial charge in [-0.3, -0.25) is 9.20 Å². The third-order valence-corrected chi connectivity index (χ3v) is 6.49. The minimum atomic E-state index is -2.37. The number of benzene rings is 1. The highest BCUT2D eigenvalue weighted by molar-refractivity contribution is 7.93. The molecule has 126 valence electrons. The first kappa shape index (κ1) is 16.7. The van der Waals surface area contributed by atoms with Crippen LogP contribution in [0.5, 0.6) is 0 Å². The average Bonchev–Trinajstić information content (AvgIpc) is 2.95. The number of anilines is 1. The van der Waals surface area contributed by atoms with Gasteiger partial charge in [-0.15, -0.1) is 11.3 Å². The Morgan fingerprint density at radius 2 is 2.17 bits per heavy atom. The summed E-state index contributed by atoms with van der Waals surface area (Å²) in [6.07, 6.45) is 1.61. The smallest absolute Gasteiger partial charge is 0.259 e. The van der Waals surface area contributed by atoms with E-state index in [1.165, 1.54) is 17.4 Å².